The molecule has 1 amide bonds. The molecule has 0 unspecified atom stereocenters. The molecule has 1 N–H and O–H groups in total. The van der Waals surface area contributed by atoms with Crippen molar-refractivity contribution in [2.45, 2.75) is 6.92 Å². The van der Waals surface area contributed by atoms with Gasteiger partial charge in [0.1, 0.15) is 0 Å². The molecule has 3 heteroatoms. The predicted octanol–water partition coefficient (Wildman–Crippen LogP) is 5.94. The molecular weight excluding hydrogens is 374 g/mol. The fourth-order valence-corrected chi connectivity index (χ4v) is 3.05. The molecule has 0 aliphatic rings. The number of rotatable bonds is 4. The molecule has 0 aliphatic carbocycles. The molecule has 3 aromatic rings. The molecule has 0 spiro atoms. The summed E-state index contributed by atoms with van der Waals surface area (Å²) in [6.45, 7) is 1.98. The maximum Gasteiger partial charge on any atom is 0.256 e. The summed E-state index contributed by atoms with van der Waals surface area (Å²) in [7, 11) is 0. The Kier molecular flexibility index (Phi) is 5.46. The van der Waals surface area contributed by atoms with E-state index in [0.29, 0.717) is 5.57 Å². The smallest absolute Gasteiger partial charge is 0.256 e. The zero-order valence-electron chi connectivity index (χ0n) is 13.9. The number of anilines is 1. The number of hydrogen-bond acceptors (Lipinski definition) is 1. The maximum absolute atomic E-state index is 13.0. The number of benzene rings is 3. The Labute approximate surface area is 156 Å². The van der Waals surface area contributed by atoms with Crippen LogP contribution in [0, 0.1) is 6.92 Å². The topological polar surface area (TPSA) is 29.1 Å². The lowest BCUT2D eigenvalue weighted by atomic mass is 10.0. The summed E-state index contributed by atoms with van der Waals surface area (Å²) in [5, 5.41) is 3.03. The van der Waals surface area contributed by atoms with Crippen molar-refractivity contribution < 1.29 is 4.79 Å². The number of aryl methyl sites for hydroxylation is 1. The van der Waals surface area contributed by atoms with E-state index in [-0.39, 0.29) is 5.91 Å². The van der Waals surface area contributed by atoms with Gasteiger partial charge in [0, 0.05) is 15.7 Å². The van der Waals surface area contributed by atoms with Crippen LogP contribution in [-0.2, 0) is 4.79 Å². The molecule has 0 saturated heterocycles. The van der Waals surface area contributed by atoms with E-state index in [1.54, 1.807) is 0 Å². The summed E-state index contributed by atoms with van der Waals surface area (Å²) >= 11 is 3.45. The number of carbonyl (C=O) groups excluding carboxylic acids is 1. The minimum Gasteiger partial charge on any atom is -0.322 e. The van der Waals surface area contributed by atoms with E-state index in [9.17, 15) is 4.79 Å². The van der Waals surface area contributed by atoms with Gasteiger partial charge in [-0.3, -0.25) is 4.79 Å². The van der Waals surface area contributed by atoms with Gasteiger partial charge >= 0.3 is 0 Å². The van der Waals surface area contributed by atoms with Gasteiger partial charge in [-0.25, -0.2) is 0 Å². The standard InChI is InChI=1S/C22H18BrNO/c1-16-14-19(23)12-13-21(16)24-22(25)20(18-10-6-3-7-11-18)15-17-8-4-2-5-9-17/h2-15H,1H3,(H,24,25)/b20-15-. The quantitative estimate of drug-likeness (QED) is 0.432. The molecule has 25 heavy (non-hydrogen) atoms. The Morgan fingerprint density at radius 3 is 2.20 bits per heavy atom. The summed E-state index contributed by atoms with van der Waals surface area (Å²) in [6.07, 6.45) is 1.92. The van der Waals surface area contributed by atoms with Crippen LogP contribution in [0.3, 0.4) is 0 Å². The van der Waals surface area contributed by atoms with Crippen LogP contribution < -0.4 is 5.32 Å². The van der Waals surface area contributed by atoms with E-state index in [2.05, 4.69) is 21.2 Å². The molecular formula is C22H18BrNO. The fourth-order valence-electron chi connectivity index (χ4n) is 2.57. The maximum atomic E-state index is 13.0. The molecule has 2 nitrogen and oxygen atoms in total. The van der Waals surface area contributed by atoms with Crippen molar-refractivity contribution in [1.82, 2.24) is 0 Å². The van der Waals surface area contributed by atoms with Gasteiger partial charge in [-0.15, -0.1) is 0 Å². The first-order chi connectivity index (χ1) is 12.1. The summed E-state index contributed by atoms with van der Waals surface area (Å²) in [5.74, 6) is -0.125. The largest absolute Gasteiger partial charge is 0.322 e. The molecule has 124 valence electrons. The van der Waals surface area contributed by atoms with Crippen molar-refractivity contribution in [2.75, 3.05) is 5.32 Å². The van der Waals surface area contributed by atoms with E-state index < -0.39 is 0 Å². The van der Waals surface area contributed by atoms with E-state index in [0.717, 1.165) is 26.9 Å². The van der Waals surface area contributed by atoms with Crippen molar-refractivity contribution in [1.29, 1.82) is 0 Å². The summed E-state index contributed by atoms with van der Waals surface area (Å²) < 4.78 is 0.992. The third-order valence-electron chi connectivity index (χ3n) is 3.88. The van der Waals surface area contributed by atoms with Gasteiger partial charge in [-0.05, 0) is 47.9 Å². The average Bonchev–Trinajstić information content (AvgIpc) is 2.63. The van der Waals surface area contributed by atoms with E-state index in [1.165, 1.54) is 0 Å². The van der Waals surface area contributed by atoms with Crippen LogP contribution >= 0.6 is 15.9 Å². The monoisotopic (exact) mass is 391 g/mol. The Bertz CT molecular complexity index is 902. The molecule has 0 aromatic heterocycles. The van der Waals surface area contributed by atoms with Gasteiger partial charge in [-0.2, -0.15) is 0 Å². The number of amides is 1. The second-order valence-electron chi connectivity index (χ2n) is 5.75. The first-order valence-electron chi connectivity index (χ1n) is 8.03. The van der Waals surface area contributed by atoms with E-state index in [4.69, 9.17) is 0 Å². The normalized spacial score (nSPS) is 11.2. The first kappa shape index (κ1) is 17.2. The number of nitrogens with one attached hydrogen (secondary N) is 1. The van der Waals surface area contributed by atoms with Crippen molar-refractivity contribution in [2.24, 2.45) is 0 Å². The van der Waals surface area contributed by atoms with Crippen LogP contribution in [0.2, 0.25) is 0 Å². The number of halogens is 1. The molecule has 3 rings (SSSR count). The summed E-state index contributed by atoms with van der Waals surface area (Å²) in [5.41, 5.74) is 4.33. The lowest BCUT2D eigenvalue weighted by Crippen LogP contribution is -2.14. The molecule has 0 fully saturated rings. The van der Waals surface area contributed by atoms with Crippen molar-refractivity contribution >= 4 is 39.2 Å². The Morgan fingerprint density at radius 1 is 0.920 bits per heavy atom. The highest BCUT2D eigenvalue weighted by atomic mass is 79.9. The third kappa shape index (κ3) is 4.46. The average molecular weight is 392 g/mol. The van der Waals surface area contributed by atoms with Crippen LogP contribution in [0.5, 0.6) is 0 Å². The number of carbonyl (C=O) groups is 1. The fraction of sp³-hybridized carbons (Fsp3) is 0.0455. The van der Waals surface area contributed by atoms with Crippen LogP contribution in [-0.4, -0.2) is 5.91 Å². The van der Waals surface area contributed by atoms with Gasteiger partial charge in [0.05, 0.1) is 0 Å². The van der Waals surface area contributed by atoms with Crippen LogP contribution in [0.25, 0.3) is 11.6 Å². The number of hydrogen-bond donors (Lipinski definition) is 1. The Morgan fingerprint density at radius 2 is 1.56 bits per heavy atom. The molecule has 3 aromatic carbocycles. The van der Waals surface area contributed by atoms with Gasteiger partial charge in [0.2, 0.25) is 0 Å². The van der Waals surface area contributed by atoms with Gasteiger partial charge in [0.15, 0.2) is 0 Å². The Balaban J connectivity index is 1.97. The van der Waals surface area contributed by atoms with Crippen molar-refractivity contribution in [3.8, 4) is 0 Å². The Hall–Kier alpha value is -2.65. The molecule has 0 saturated carbocycles. The minimum absolute atomic E-state index is 0.125. The third-order valence-corrected chi connectivity index (χ3v) is 4.37. The first-order valence-corrected chi connectivity index (χ1v) is 8.82. The lowest BCUT2D eigenvalue weighted by molar-refractivity contribution is -0.111. The summed E-state index contributed by atoms with van der Waals surface area (Å²) in [4.78, 5) is 13.0. The molecule has 0 atom stereocenters. The highest BCUT2D eigenvalue weighted by Crippen LogP contribution is 2.24. The molecule has 0 aliphatic heterocycles. The van der Waals surface area contributed by atoms with Crippen molar-refractivity contribution in [3.63, 3.8) is 0 Å². The predicted molar refractivity (Wildman–Crippen MR) is 108 cm³/mol. The molecule has 0 heterocycles. The van der Waals surface area contributed by atoms with E-state index in [1.807, 2.05) is 91.9 Å². The molecule has 0 radical (unpaired) electrons. The zero-order chi connectivity index (χ0) is 17.6. The highest BCUT2D eigenvalue weighted by molar-refractivity contribution is 9.10. The van der Waals surface area contributed by atoms with Gasteiger partial charge in [-0.1, -0.05) is 76.6 Å². The van der Waals surface area contributed by atoms with Gasteiger partial charge in [0.25, 0.3) is 5.91 Å². The lowest BCUT2D eigenvalue weighted by Gasteiger charge is -2.12. The zero-order valence-corrected chi connectivity index (χ0v) is 15.5. The SMILES string of the molecule is Cc1cc(Br)ccc1NC(=O)/C(=C\c1ccccc1)c1ccccc1. The molecule has 0 bridgehead atoms. The van der Waals surface area contributed by atoms with Crippen molar-refractivity contribution in [3.05, 3.63) is 100 Å². The minimum atomic E-state index is -0.125. The van der Waals surface area contributed by atoms with Gasteiger partial charge < -0.3 is 5.32 Å². The second-order valence-corrected chi connectivity index (χ2v) is 6.66. The van der Waals surface area contributed by atoms with Crippen LogP contribution in [0.15, 0.2) is 83.3 Å². The highest BCUT2D eigenvalue weighted by Gasteiger charge is 2.13. The second kappa shape index (κ2) is 7.95. The van der Waals surface area contributed by atoms with Crippen LogP contribution in [0.4, 0.5) is 5.69 Å². The van der Waals surface area contributed by atoms with Crippen LogP contribution in [0.1, 0.15) is 16.7 Å². The summed E-state index contributed by atoms with van der Waals surface area (Å²) in [6, 6.07) is 25.4. The van der Waals surface area contributed by atoms with E-state index >= 15 is 0 Å².